The third-order valence-corrected chi connectivity index (χ3v) is 6.26. The van der Waals surface area contributed by atoms with Gasteiger partial charge in [0, 0.05) is 19.0 Å². The van der Waals surface area contributed by atoms with Crippen molar-refractivity contribution in [2.75, 3.05) is 13.1 Å². The van der Waals surface area contributed by atoms with E-state index >= 15 is 0 Å². The summed E-state index contributed by atoms with van der Waals surface area (Å²) in [5.74, 6) is -0.797. The van der Waals surface area contributed by atoms with Gasteiger partial charge in [-0.15, -0.1) is 11.6 Å². The van der Waals surface area contributed by atoms with E-state index in [-0.39, 0.29) is 26.8 Å². The molecule has 1 aliphatic heterocycles. The molecule has 0 amide bonds. The van der Waals surface area contributed by atoms with Crippen LogP contribution in [0, 0.1) is 11.2 Å². The summed E-state index contributed by atoms with van der Waals surface area (Å²) in [7, 11) is -3.73. The van der Waals surface area contributed by atoms with Gasteiger partial charge in [0.1, 0.15) is 5.82 Å². The van der Waals surface area contributed by atoms with Crippen molar-refractivity contribution in [2.45, 2.75) is 37.5 Å². The predicted molar refractivity (Wildman–Crippen MR) is 82.7 cm³/mol. The highest BCUT2D eigenvalue weighted by molar-refractivity contribution is 7.89. The van der Waals surface area contributed by atoms with Gasteiger partial charge >= 0.3 is 0 Å². The summed E-state index contributed by atoms with van der Waals surface area (Å²) < 4.78 is 40.6. The van der Waals surface area contributed by atoms with Gasteiger partial charge in [-0.1, -0.05) is 25.4 Å². The van der Waals surface area contributed by atoms with Crippen molar-refractivity contribution in [1.82, 2.24) is 4.31 Å². The summed E-state index contributed by atoms with van der Waals surface area (Å²) in [6, 6.07) is 2.32. The Balaban J connectivity index is 2.42. The van der Waals surface area contributed by atoms with Crippen LogP contribution in [0.3, 0.4) is 0 Å². The summed E-state index contributed by atoms with van der Waals surface area (Å²) >= 11 is 11.5. The lowest BCUT2D eigenvalue weighted by atomic mass is 9.85. The lowest BCUT2D eigenvalue weighted by molar-refractivity contribution is 0.187. The Bertz CT molecular complexity index is 647. The second-order valence-corrected chi connectivity index (χ2v) is 8.70. The van der Waals surface area contributed by atoms with Gasteiger partial charge < -0.3 is 0 Å². The van der Waals surface area contributed by atoms with Crippen LogP contribution in [0.25, 0.3) is 0 Å². The molecule has 0 unspecified atom stereocenters. The van der Waals surface area contributed by atoms with Crippen LogP contribution in [0.2, 0.25) is 5.02 Å². The average molecular weight is 354 g/mol. The van der Waals surface area contributed by atoms with Gasteiger partial charge in [0.25, 0.3) is 0 Å². The van der Waals surface area contributed by atoms with E-state index in [1.165, 1.54) is 10.4 Å². The van der Waals surface area contributed by atoms with Crippen LogP contribution in [0.4, 0.5) is 4.39 Å². The van der Waals surface area contributed by atoms with E-state index in [0.29, 0.717) is 13.1 Å². The smallest absolute Gasteiger partial charge is 0.207 e. The molecule has 0 N–H and O–H groups in total. The second kappa shape index (κ2) is 6.03. The highest BCUT2D eigenvalue weighted by Crippen LogP contribution is 2.33. The quantitative estimate of drug-likeness (QED) is 0.769. The normalized spacial score (nSPS) is 19.7. The van der Waals surface area contributed by atoms with Crippen LogP contribution in [-0.4, -0.2) is 25.8 Å². The molecule has 1 heterocycles. The van der Waals surface area contributed by atoms with E-state index in [2.05, 4.69) is 0 Å². The lowest BCUT2D eigenvalue weighted by Gasteiger charge is -2.37. The first-order chi connectivity index (χ1) is 9.67. The molecule has 0 atom stereocenters. The standard InChI is InChI=1S/C14H18Cl2FNO2S/c1-14(2)4-3-5-18(9-14)21(19,20)11-6-10(8-15)13(16)12(17)7-11/h6-7H,3-5,8-9H2,1-2H3. The van der Waals surface area contributed by atoms with Crippen molar-refractivity contribution in [3.8, 4) is 0 Å². The van der Waals surface area contributed by atoms with Gasteiger partial charge in [0.2, 0.25) is 10.0 Å². The molecule has 21 heavy (non-hydrogen) atoms. The van der Waals surface area contributed by atoms with E-state index < -0.39 is 15.8 Å². The fraction of sp³-hybridized carbons (Fsp3) is 0.571. The average Bonchev–Trinajstić information content (AvgIpc) is 2.40. The van der Waals surface area contributed by atoms with E-state index in [9.17, 15) is 12.8 Å². The minimum Gasteiger partial charge on any atom is -0.207 e. The zero-order valence-corrected chi connectivity index (χ0v) is 14.3. The number of hydrogen-bond acceptors (Lipinski definition) is 2. The van der Waals surface area contributed by atoms with Crippen LogP contribution in [-0.2, 0) is 15.9 Å². The topological polar surface area (TPSA) is 37.4 Å². The highest BCUT2D eigenvalue weighted by Gasteiger charge is 2.34. The summed E-state index contributed by atoms with van der Waals surface area (Å²) in [4.78, 5) is -0.0854. The first kappa shape index (κ1) is 17.0. The van der Waals surface area contributed by atoms with Gasteiger partial charge in [-0.3, -0.25) is 0 Å². The summed E-state index contributed by atoms with van der Waals surface area (Å²) in [6.45, 7) is 4.94. The molecule has 0 aliphatic carbocycles. The molecule has 1 aliphatic rings. The van der Waals surface area contributed by atoms with Gasteiger partial charge in [-0.25, -0.2) is 12.8 Å². The van der Waals surface area contributed by atoms with E-state index in [1.54, 1.807) is 0 Å². The molecule has 0 aromatic heterocycles. The van der Waals surface area contributed by atoms with Crippen LogP contribution < -0.4 is 0 Å². The Morgan fingerprint density at radius 3 is 2.62 bits per heavy atom. The van der Waals surface area contributed by atoms with Crippen molar-refractivity contribution in [3.05, 3.63) is 28.5 Å². The third-order valence-electron chi connectivity index (χ3n) is 3.72. The summed E-state index contributed by atoms with van der Waals surface area (Å²) in [5.41, 5.74) is 0.208. The molecule has 0 radical (unpaired) electrons. The molecule has 0 bridgehead atoms. The molecule has 7 heteroatoms. The predicted octanol–water partition coefficient (Wildman–Crippen LogP) is 4.03. The lowest BCUT2D eigenvalue weighted by Crippen LogP contribution is -2.43. The van der Waals surface area contributed by atoms with E-state index in [4.69, 9.17) is 23.2 Å². The number of benzene rings is 1. The van der Waals surface area contributed by atoms with Gasteiger partial charge in [-0.05, 0) is 36.0 Å². The maximum Gasteiger partial charge on any atom is 0.243 e. The minimum absolute atomic E-state index is 0.0371. The highest BCUT2D eigenvalue weighted by atomic mass is 35.5. The fourth-order valence-electron chi connectivity index (χ4n) is 2.59. The molecule has 0 saturated carbocycles. The first-order valence-electron chi connectivity index (χ1n) is 6.71. The van der Waals surface area contributed by atoms with Gasteiger partial charge in [0.15, 0.2) is 0 Å². The molecule has 0 spiro atoms. The number of halogens is 3. The van der Waals surface area contributed by atoms with Crippen LogP contribution in [0.5, 0.6) is 0 Å². The largest absolute Gasteiger partial charge is 0.243 e. The second-order valence-electron chi connectivity index (χ2n) is 6.12. The number of nitrogens with zero attached hydrogens (tertiary/aromatic N) is 1. The van der Waals surface area contributed by atoms with Crippen molar-refractivity contribution in [3.63, 3.8) is 0 Å². The zero-order valence-electron chi connectivity index (χ0n) is 12.0. The molecule has 1 aromatic rings. The van der Waals surface area contributed by atoms with Crippen molar-refractivity contribution >= 4 is 33.2 Å². The Morgan fingerprint density at radius 2 is 2.05 bits per heavy atom. The van der Waals surface area contributed by atoms with Gasteiger partial charge in [-0.2, -0.15) is 4.31 Å². The number of sulfonamides is 1. The molecule has 1 fully saturated rings. The van der Waals surface area contributed by atoms with Gasteiger partial charge in [0.05, 0.1) is 9.92 Å². The third kappa shape index (κ3) is 3.52. The van der Waals surface area contributed by atoms with E-state index in [0.717, 1.165) is 18.9 Å². The molecule has 2 rings (SSSR count). The van der Waals surface area contributed by atoms with Crippen LogP contribution in [0.1, 0.15) is 32.3 Å². The summed E-state index contributed by atoms with van der Waals surface area (Å²) in [6.07, 6.45) is 1.77. The molecule has 118 valence electrons. The van der Waals surface area contributed by atoms with Crippen LogP contribution in [0.15, 0.2) is 17.0 Å². The number of alkyl halides is 1. The number of hydrogen-bond donors (Lipinski definition) is 0. The summed E-state index contributed by atoms with van der Waals surface area (Å²) in [5, 5.41) is -0.122. The Kier molecular flexibility index (Phi) is 4.88. The van der Waals surface area contributed by atoms with E-state index in [1.807, 2.05) is 13.8 Å². The maximum absolute atomic E-state index is 13.8. The van der Waals surface area contributed by atoms with Crippen molar-refractivity contribution < 1.29 is 12.8 Å². The molecular weight excluding hydrogens is 336 g/mol. The first-order valence-corrected chi connectivity index (χ1v) is 9.07. The zero-order chi connectivity index (χ0) is 15.8. The molecule has 3 nitrogen and oxygen atoms in total. The number of rotatable bonds is 3. The molecular formula is C14H18Cl2FNO2S. The Labute approximate surface area is 135 Å². The molecule has 1 aromatic carbocycles. The minimum atomic E-state index is -3.73. The SMILES string of the molecule is CC1(C)CCCN(S(=O)(=O)c2cc(F)c(Cl)c(CCl)c2)C1. The molecule has 1 saturated heterocycles. The maximum atomic E-state index is 13.8. The van der Waals surface area contributed by atoms with Crippen molar-refractivity contribution in [2.24, 2.45) is 5.41 Å². The monoisotopic (exact) mass is 353 g/mol. The Morgan fingerprint density at radius 1 is 1.38 bits per heavy atom. The Hall–Kier alpha value is -0.360. The van der Waals surface area contributed by atoms with Crippen molar-refractivity contribution in [1.29, 1.82) is 0 Å². The van der Waals surface area contributed by atoms with Crippen LogP contribution >= 0.6 is 23.2 Å². The fourth-order valence-corrected chi connectivity index (χ4v) is 4.77. The number of piperidine rings is 1.